The fraction of sp³-hybridized carbons (Fsp3) is 0.471. The van der Waals surface area contributed by atoms with Crippen LogP contribution >= 0.6 is 0 Å². The van der Waals surface area contributed by atoms with Crippen LogP contribution in [-0.4, -0.2) is 22.8 Å². The minimum atomic E-state index is -1.08. The summed E-state index contributed by atoms with van der Waals surface area (Å²) in [5.41, 5.74) is 0.687. The Bertz CT molecular complexity index is 462. The minimum absolute atomic E-state index is 0.0596. The van der Waals surface area contributed by atoms with Crippen LogP contribution in [0.15, 0.2) is 30.0 Å². The number of hydrogen-bond acceptors (Lipinski definition) is 3. The highest BCUT2D eigenvalue weighted by Gasteiger charge is 2.13. The standard InChI is InChI=1S/C17H24O4/c1-3-5-6-13(4-2)12-21-16(17(19)20)11-14-7-9-15(18)10-8-14/h7-11,13,18H,3-6,12H2,1-2H3,(H,19,20). The van der Waals surface area contributed by atoms with Crippen molar-refractivity contribution in [1.29, 1.82) is 0 Å². The molecular weight excluding hydrogens is 268 g/mol. The monoisotopic (exact) mass is 292 g/mol. The second kappa shape index (κ2) is 9.06. The molecule has 1 aromatic rings. The molecule has 1 unspecified atom stereocenters. The van der Waals surface area contributed by atoms with E-state index >= 15 is 0 Å². The van der Waals surface area contributed by atoms with Crippen molar-refractivity contribution in [3.05, 3.63) is 35.6 Å². The molecule has 0 spiro atoms. The molecule has 0 bridgehead atoms. The number of rotatable bonds is 9. The maximum Gasteiger partial charge on any atom is 0.371 e. The number of unbranched alkanes of at least 4 members (excludes halogenated alkanes) is 1. The first-order valence-electron chi connectivity index (χ1n) is 7.43. The van der Waals surface area contributed by atoms with Crippen LogP contribution in [0.5, 0.6) is 5.75 Å². The molecule has 0 aliphatic rings. The third-order valence-electron chi connectivity index (χ3n) is 3.42. The van der Waals surface area contributed by atoms with E-state index in [0.29, 0.717) is 18.1 Å². The average molecular weight is 292 g/mol. The summed E-state index contributed by atoms with van der Waals surface area (Å²) in [5, 5.41) is 18.4. The van der Waals surface area contributed by atoms with Gasteiger partial charge in [-0.15, -0.1) is 0 Å². The lowest BCUT2D eigenvalue weighted by Gasteiger charge is -2.15. The summed E-state index contributed by atoms with van der Waals surface area (Å²) in [7, 11) is 0. The Morgan fingerprint density at radius 1 is 1.29 bits per heavy atom. The maximum absolute atomic E-state index is 11.2. The first kappa shape index (κ1) is 17.1. The highest BCUT2D eigenvalue weighted by atomic mass is 16.5. The van der Waals surface area contributed by atoms with Crippen molar-refractivity contribution in [2.45, 2.75) is 39.5 Å². The number of hydrogen-bond donors (Lipinski definition) is 2. The van der Waals surface area contributed by atoms with E-state index in [0.717, 1.165) is 25.7 Å². The summed E-state index contributed by atoms with van der Waals surface area (Å²) >= 11 is 0. The Kier molecular flexibility index (Phi) is 7.37. The molecule has 1 atom stereocenters. The summed E-state index contributed by atoms with van der Waals surface area (Å²) in [6.45, 7) is 4.65. The number of aromatic hydroxyl groups is 1. The van der Waals surface area contributed by atoms with E-state index in [4.69, 9.17) is 4.74 Å². The van der Waals surface area contributed by atoms with Crippen molar-refractivity contribution in [2.24, 2.45) is 5.92 Å². The topological polar surface area (TPSA) is 66.8 Å². The van der Waals surface area contributed by atoms with Crippen molar-refractivity contribution in [2.75, 3.05) is 6.61 Å². The predicted molar refractivity (Wildman–Crippen MR) is 83.0 cm³/mol. The molecule has 2 N–H and O–H groups in total. The summed E-state index contributed by atoms with van der Waals surface area (Å²) in [6.07, 6.45) is 5.77. The van der Waals surface area contributed by atoms with Crippen LogP contribution in [0.2, 0.25) is 0 Å². The lowest BCUT2D eigenvalue weighted by molar-refractivity contribution is -0.136. The van der Waals surface area contributed by atoms with E-state index in [2.05, 4.69) is 13.8 Å². The van der Waals surface area contributed by atoms with Gasteiger partial charge in [-0.25, -0.2) is 4.79 Å². The van der Waals surface area contributed by atoms with Gasteiger partial charge in [-0.05, 0) is 36.1 Å². The van der Waals surface area contributed by atoms with Gasteiger partial charge in [0.25, 0.3) is 0 Å². The molecule has 1 aromatic carbocycles. The Morgan fingerprint density at radius 3 is 2.48 bits per heavy atom. The predicted octanol–water partition coefficient (Wildman–Crippen LogP) is 4.05. The number of phenolic OH excluding ortho intramolecular Hbond substituents is 1. The SMILES string of the molecule is CCCCC(CC)COC(=Cc1ccc(O)cc1)C(=O)O. The van der Waals surface area contributed by atoms with Gasteiger partial charge >= 0.3 is 5.97 Å². The van der Waals surface area contributed by atoms with Crippen LogP contribution in [0.25, 0.3) is 6.08 Å². The van der Waals surface area contributed by atoms with E-state index in [9.17, 15) is 15.0 Å². The van der Waals surface area contributed by atoms with E-state index in [-0.39, 0.29) is 11.5 Å². The largest absolute Gasteiger partial charge is 0.508 e. The lowest BCUT2D eigenvalue weighted by Crippen LogP contribution is -2.12. The van der Waals surface area contributed by atoms with Gasteiger partial charge < -0.3 is 14.9 Å². The summed E-state index contributed by atoms with van der Waals surface area (Å²) < 4.78 is 5.49. The zero-order valence-electron chi connectivity index (χ0n) is 12.7. The molecule has 0 fully saturated rings. The van der Waals surface area contributed by atoms with Crippen LogP contribution < -0.4 is 0 Å². The molecule has 1 rings (SSSR count). The van der Waals surface area contributed by atoms with Crippen molar-refractivity contribution in [1.82, 2.24) is 0 Å². The quantitative estimate of drug-likeness (QED) is 0.532. The van der Waals surface area contributed by atoms with Gasteiger partial charge in [0.05, 0.1) is 6.61 Å². The number of phenols is 1. The smallest absolute Gasteiger partial charge is 0.371 e. The van der Waals surface area contributed by atoms with Gasteiger partial charge in [0, 0.05) is 0 Å². The highest BCUT2D eigenvalue weighted by Crippen LogP contribution is 2.17. The Labute approximate surface area is 126 Å². The molecule has 0 saturated carbocycles. The maximum atomic E-state index is 11.2. The fourth-order valence-corrected chi connectivity index (χ4v) is 1.99. The number of carboxylic acid groups (broad SMARTS) is 1. The Balaban J connectivity index is 2.69. The number of benzene rings is 1. The van der Waals surface area contributed by atoms with Gasteiger partial charge in [0.15, 0.2) is 0 Å². The third kappa shape index (κ3) is 6.34. The van der Waals surface area contributed by atoms with Gasteiger partial charge in [-0.2, -0.15) is 0 Å². The van der Waals surface area contributed by atoms with E-state index < -0.39 is 5.97 Å². The summed E-state index contributed by atoms with van der Waals surface area (Å²) in [5.74, 6) is -0.605. The molecular formula is C17H24O4. The van der Waals surface area contributed by atoms with Crippen LogP contribution in [0.3, 0.4) is 0 Å². The van der Waals surface area contributed by atoms with Gasteiger partial charge in [-0.3, -0.25) is 0 Å². The highest BCUT2D eigenvalue weighted by molar-refractivity contribution is 5.89. The second-order valence-electron chi connectivity index (χ2n) is 5.13. The molecule has 116 valence electrons. The van der Waals surface area contributed by atoms with Crippen LogP contribution in [0.1, 0.15) is 45.1 Å². The first-order chi connectivity index (χ1) is 10.1. The molecule has 0 aliphatic heterocycles. The molecule has 0 aromatic heterocycles. The molecule has 4 nitrogen and oxygen atoms in total. The van der Waals surface area contributed by atoms with Crippen molar-refractivity contribution < 1.29 is 19.7 Å². The zero-order chi connectivity index (χ0) is 15.7. The normalized spacial score (nSPS) is 13.0. The molecule has 0 saturated heterocycles. The van der Waals surface area contributed by atoms with Gasteiger partial charge in [0.2, 0.25) is 5.76 Å². The van der Waals surface area contributed by atoms with E-state index in [1.807, 2.05) is 0 Å². The Morgan fingerprint density at radius 2 is 1.95 bits per heavy atom. The average Bonchev–Trinajstić information content (AvgIpc) is 2.47. The van der Waals surface area contributed by atoms with E-state index in [1.165, 1.54) is 18.2 Å². The van der Waals surface area contributed by atoms with E-state index in [1.54, 1.807) is 12.1 Å². The molecule has 0 aliphatic carbocycles. The first-order valence-corrected chi connectivity index (χ1v) is 7.43. The number of carboxylic acids is 1. The van der Waals surface area contributed by atoms with Gasteiger partial charge in [0.1, 0.15) is 5.75 Å². The molecule has 0 radical (unpaired) electrons. The summed E-state index contributed by atoms with van der Waals surface area (Å²) in [6, 6.07) is 6.33. The summed E-state index contributed by atoms with van der Waals surface area (Å²) in [4.78, 5) is 11.2. The molecule has 0 heterocycles. The number of carbonyl (C=O) groups is 1. The lowest BCUT2D eigenvalue weighted by atomic mass is 10.0. The fourth-order valence-electron chi connectivity index (χ4n) is 1.99. The van der Waals surface area contributed by atoms with Crippen LogP contribution in [-0.2, 0) is 9.53 Å². The second-order valence-corrected chi connectivity index (χ2v) is 5.13. The van der Waals surface area contributed by atoms with Gasteiger partial charge in [-0.1, -0.05) is 45.2 Å². The molecule has 21 heavy (non-hydrogen) atoms. The van der Waals surface area contributed by atoms with Crippen molar-refractivity contribution in [3.8, 4) is 5.75 Å². The third-order valence-corrected chi connectivity index (χ3v) is 3.42. The van der Waals surface area contributed by atoms with Crippen LogP contribution in [0.4, 0.5) is 0 Å². The zero-order valence-corrected chi connectivity index (χ0v) is 12.7. The molecule has 0 amide bonds. The van der Waals surface area contributed by atoms with Crippen molar-refractivity contribution >= 4 is 12.0 Å². The number of ether oxygens (including phenoxy) is 1. The Hall–Kier alpha value is -1.97. The van der Waals surface area contributed by atoms with Crippen molar-refractivity contribution in [3.63, 3.8) is 0 Å². The minimum Gasteiger partial charge on any atom is -0.508 e. The molecule has 4 heteroatoms. The van der Waals surface area contributed by atoms with Crippen LogP contribution in [0, 0.1) is 5.92 Å². The number of aliphatic carboxylic acids is 1.